The van der Waals surface area contributed by atoms with Crippen molar-refractivity contribution in [3.63, 3.8) is 0 Å². The number of ether oxygens (including phenoxy) is 1. The molecule has 1 heterocycles. The topological polar surface area (TPSA) is 33.6 Å². The Morgan fingerprint density at radius 1 is 1.38 bits per heavy atom. The summed E-state index contributed by atoms with van der Waals surface area (Å²) in [7, 11) is 1.70. The summed E-state index contributed by atoms with van der Waals surface area (Å²) in [6, 6.07) is 8.15. The first-order valence-electron chi connectivity index (χ1n) is 7.77. The number of amidine groups is 1. The van der Waals surface area contributed by atoms with Crippen LogP contribution in [0, 0.1) is 5.92 Å². The molecule has 2 aliphatic rings. The van der Waals surface area contributed by atoms with Gasteiger partial charge in [0, 0.05) is 11.3 Å². The fraction of sp³-hybridized carbons (Fsp3) is 0.588. The standard InChI is InChI=1S/C17H24N2OS/c1-13-6-8-17(9-7-13)12-21-16(19-17)18-11-14-4-3-5-15(10-14)20-2/h3-5,10,13H,6-9,11-12H2,1-2H3,(H,18,19). The fourth-order valence-electron chi connectivity index (χ4n) is 3.11. The van der Waals surface area contributed by atoms with Crippen LogP contribution in [0.4, 0.5) is 0 Å². The summed E-state index contributed by atoms with van der Waals surface area (Å²) in [5.74, 6) is 2.97. The lowest BCUT2D eigenvalue weighted by atomic mass is 9.78. The molecule has 0 unspecified atom stereocenters. The van der Waals surface area contributed by atoms with Crippen molar-refractivity contribution in [2.45, 2.75) is 44.7 Å². The zero-order valence-electron chi connectivity index (χ0n) is 12.9. The Balaban J connectivity index is 1.60. The third kappa shape index (κ3) is 3.54. The van der Waals surface area contributed by atoms with Gasteiger partial charge >= 0.3 is 0 Å². The summed E-state index contributed by atoms with van der Waals surface area (Å²) in [6.45, 7) is 3.09. The second kappa shape index (κ2) is 6.30. The predicted octanol–water partition coefficient (Wildman–Crippen LogP) is 3.84. The van der Waals surface area contributed by atoms with Gasteiger partial charge in [0.05, 0.1) is 13.7 Å². The number of benzene rings is 1. The molecule has 0 amide bonds. The lowest BCUT2D eigenvalue weighted by molar-refractivity contribution is 0.251. The minimum atomic E-state index is 0.324. The quantitative estimate of drug-likeness (QED) is 0.921. The number of nitrogens with one attached hydrogen (secondary N) is 1. The van der Waals surface area contributed by atoms with Gasteiger partial charge in [-0.2, -0.15) is 0 Å². The van der Waals surface area contributed by atoms with Crippen molar-refractivity contribution in [1.82, 2.24) is 5.32 Å². The summed E-state index contributed by atoms with van der Waals surface area (Å²) < 4.78 is 5.26. The van der Waals surface area contributed by atoms with Crippen LogP contribution in [0.2, 0.25) is 0 Å². The van der Waals surface area contributed by atoms with Crippen molar-refractivity contribution in [3.8, 4) is 5.75 Å². The van der Waals surface area contributed by atoms with Crippen LogP contribution in [-0.2, 0) is 6.54 Å². The molecule has 1 spiro atoms. The van der Waals surface area contributed by atoms with Crippen molar-refractivity contribution >= 4 is 16.9 Å². The van der Waals surface area contributed by atoms with Crippen LogP contribution in [-0.4, -0.2) is 23.6 Å². The van der Waals surface area contributed by atoms with E-state index in [1.165, 1.54) is 37.0 Å². The number of methoxy groups -OCH3 is 1. The van der Waals surface area contributed by atoms with Gasteiger partial charge in [0.25, 0.3) is 0 Å². The molecule has 0 radical (unpaired) electrons. The number of thioether (sulfide) groups is 1. The number of hydrogen-bond acceptors (Lipinski definition) is 3. The van der Waals surface area contributed by atoms with E-state index < -0.39 is 0 Å². The third-order valence-corrected chi connectivity index (χ3v) is 5.83. The monoisotopic (exact) mass is 304 g/mol. The molecule has 1 aliphatic carbocycles. The highest BCUT2D eigenvalue weighted by Crippen LogP contribution is 2.38. The highest BCUT2D eigenvalue weighted by atomic mass is 32.2. The number of nitrogens with zero attached hydrogens (tertiary/aromatic N) is 1. The van der Waals surface area contributed by atoms with Gasteiger partial charge in [0.1, 0.15) is 5.75 Å². The fourth-order valence-corrected chi connectivity index (χ4v) is 4.33. The van der Waals surface area contributed by atoms with Gasteiger partial charge < -0.3 is 10.1 Å². The van der Waals surface area contributed by atoms with E-state index in [1.807, 2.05) is 23.9 Å². The van der Waals surface area contributed by atoms with E-state index in [0.717, 1.165) is 23.4 Å². The van der Waals surface area contributed by atoms with Gasteiger partial charge in [-0.05, 0) is 49.3 Å². The van der Waals surface area contributed by atoms with Crippen molar-refractivity contribution < 1.29 is 4.74 Å². The lowest BCUT2D eigenvalue weighted by Gasteiger charge is -2.35. The summed E-state index contributed by atoms with van der Waals surface area (Å²) >= 11 is 1.89. The second-order valence-corrected chi connectivity index (χ2v) is 7.31. The first kappa shape index (κ1) is 14.8. The Bertz CT molecular complexity index is 521. The van der Waals surface area contributed by atoms with E-state index in [0.29, 0.717) is 5.54 Å². The summed E-state index contributed by atoms with van der Waals surface area (Å²) in [5, 5.41) is 4.83. The van der Waals surface area contributed by atoms with Gasteiger partial charge in [-0.3, -0.25) is 4.99 Å². The molecule has 0 bridgehead atoms. The SMILES string of the molecule is COc1cccc(CN=C2NC3(CCC(C)CC3)CS2)c1. The molecular weight excluding hydrogens is 280 g/mol. The second-order valence-electron chi connectivity index (χ2n) is 6.35. The highest BCUT2D eigenvalue weighted by molar-refractivity contribution is 8.14. The predicted molar refractivity (Wildman–Crippen MR) is 90.1 cm³/mol. The minimum Gasteiger partial charge on any atom is -0.497 e. The van der Waals surface area contributed by atoms with E-state index in [9.17, 15) is 0 Å². The Morgan fingerprint density at radius 2 is 2.19 bits per heavy atom. The summed E-state index contributed by atoms with van der Waals surface area (Å²) in [4.78, 5) is 4.75. The minimum absolute atomic E-state index is 0.324. The molecule has 21 heavy (non-hydrogen) atoms. The zero-order chi connectivity index (χ0) is 14.7. The Labute approximate surface area is 131 Å². The van der Waals surface area contributed by atoms with Crippen LogP contribution in [0.25, 0.3) is 0 Å². The van der Waals surface area contributed by atoms with Crippen molar-refractivity contribution in [2.75, 3.05) is 12.9 Å². The summed E-state index contributed by atoms with van der Waals surface area (Å²) in [5.41, 5.74) is 1.52. The molecule has 1 saturated carbocycles. The van der Waals surface area contributed by atoms with E-state index >= 15 is 0 Å². The molecule has 1 N–H and O–H groups in total. The van der Waals surface area contributed by atoms with E-state index in [2.05, 4.69) is 24.4 Å². The van der Waals surface area contributed by atoms with E-state index in [1.54, 1.807) is 7.11 Å². The molecule has 1 saturated heterocycles. The molecule has 114 valence electrons. The van der Waals surface area contributed by atoms with Gasteiger partial charge in [0.2, 0.25) is 0 Å². The van der Waals surface area contributed by atoms with Crippen LogP contribution < -0.4 is 10.1 Å². The number of hydrogen-bond donors (Lipinski definition) is 1. The van der Waals surface area contributed by atoms with E-state index in [4.69, 9.17) is 9.73 Å². The van der Waals surface area contributed by atoms with Crippen molar-refractivity contribution in [3.05, 3.63) is 29.8 Å². The molecule has 1 aromatic carbocycles. The largest absolute Gasteiger partial charge is 0.497 e. The summed E-state index contributed by atoms with van der Waals surface area (Å²) in [6.07, 6.45) is 5.27. The average molecular weight is 304 g/mol. The highest BCUT2D eigenvalue weighted by Gasteiger charge is 2.39. The Morgan fingerprint density at radius 3 is 2.95 bits per heavy atom. The normalized spacial score (nSPS) is 30.6. The van der Waals surface area contributed by atoms with Gasteiger partial charge in [-0.25, -0.2) is 0 Å². The van der Waals surface area contributed by atoms with Crippen LogP contribution >= 0.6 is 11.8 Å². The maximum Gasteiger partial charge on any atom is 0.157 e. The van der Waals surface area contributed by atoms with Gasteiger partial charge in [0.15, 0.2) is 5.17 Å². The molecule has 2 fully saturated rings. The maximum absolute atomic E-state index is 5.26. The molecule has 3 nitrogen and oxygen atoms in total. The zero-order valence-corrected chi connectivity index (χ0v) is 13.7. The van der Waals surface area contributed by atoms with Crippen LogP contribution in [0.1, 0.15) is 38.2 Å². The first-order chi connectivity index (χ1) is 10.2. The number of aliphatic imine (C=N–C) groups is 1. The molecule has 0 atom stereocenters. The maximum atomic E-state index is 5.26. The average Bonchev–Trinajstić information content (AvgIpc) is 2.92. The van der Waals surface area contributed by atoms with Crippen molar-refractivity contribution in [1.29, 1.82) is 0 Å². The van der Waals surface area contributed by atoms with Gasteiger partial charge in [-0.15, -0.1) is 0 Å². The molecule has 3 rings (SSSR count). The smallest absolute Gasteiger partial charge is 0.157 e. The van der Waals surface area contributed by atoms with Crippen LogP contribution in [0.3, 0.4) is 0 Å². The molecular formula is C17H24N2OS. The number of rotatable bonds is 3. The molecule has 1 aromatic rings. The van der Waals surface area contributed by atoms with Crippen molar-refractivity contribution in [2.24, 2.45) is 10.9 Å². The van der Waals surface area contributed by atoms with E-state index in [-0.39, 0.29) is 0 Å². The first-order valence-corrected chi connectivity index (χ1v) is 8.76. The van der Waals surface area contributed by atoms with Crippen LogP contribution in [0.5, 0.6) is 5.75 Å². The molecule has 1 aliphatic heterocycles. The Hall–Kier alpha value is -1.16. The lowest BCUT2D eigenvalue weighted by Crippen LogP contribution is -2.46. The Kier molecular flexibility index (Phi) is 4.43. The molecule has 0 aromatic heterocycles. The van der Waals surface area contributed by atoms with Crippen LogP contribution in [0.15, 0.2) is 29.3 Å². The third-order valence-electron chi connectivity index (χ3n) is 4.63. The van der Waals surface area contributed by atoms with Gasteiger partial charge in [-0.1, -0.05) is 30.8 Å². The molecule has 4 heteroatoms.